The molecule has 0 aliphatic heterocycles. The Kier molecular flexibility index (Phi) is 4.06. The fourth-order valence-electron chi connectivity index (χ4n) is 2.01. The molecule has 0 saturated heterocycles. The minimum Gasteiger partial charge on any atom is -0.480 e. The van der Waals surface area contributed by atoms with E-state index in [2.05, 4.69) is 15.5 Å². The van der Waals surface area contributed by atoms with Crippen molar-refractivity contribution in [1.82, 2.24) is 15.5 Å². The smallest absolute Gasteiger partial charge is 0.326 e. The fraction of sp³-hybridized carbons (Fsp3) is 0.308. The highest BCUT2D eigenvalue weighted by atomic mass is 16.6. The van der Waals surface area contributed by atoms with Gasteiger partial charge in [-0.25, -0.2) is 4.79 Å². The third-order valence-corrected chi connectivity index (χ3v) is 3.19. The Morgan fingerprint density at radius 1 is 1.41 bits per heavy atom. The van der Waals surface area contributed by atoms with Gasteiger partial charge in [0, 0.05) is 17.5 Å². The van der Waals surface area contributed by atoms with Crippen molar-refractivity contribution >= 4 is 28.5 Å². The summed E-state index contributed by atoms with van der Waals surface area (Å²) in [5.74, 6) is -2.18. The Morgan fingerprint density at radius 2 is 2.09 bits per heavy atom. The Labute approximate surface area is 124 Å². The molecule has 1 amide bonds. The Morgan fingerprint density at radius 3 is 2.64 bits per heavy atom. The first-order chi connectivity index (χ1) is 10.3. The minimum atomic E-state index is -1.16. The van der Waals surface area contributed by atoms with Crippen LogP contribution in [-0.4, -0.2) is 38.1 Å². The van der Waals surface area contributed by atoms with Crippen LogP contribution in [0.1, 0.15) is 24.3 Å². The van der Waals surface area contributed by atoms with Crippen LogP contribution in [0.3, 0.4) is 0 Å². The molecular formula is C13H14N4O5. The molecule has 22 heavy (non-hydrogen) atoms. The van der Waals surface area contributed by atoms with Gasteiger partial charge in [-0.1, -0.05) is 13.8 Å². The first-order valence-corrected chi connectivity index (χ1v) is 6.47. The molecule has 1 aromatic heterocycles. The molecule has 0 bridgehead atoms. The number of amides is 1. The largest absolute Gasteiger partial charge is 0.480 e. The molecule has 0 aliphatic rings. The van der Waals surface area contributed by atoms with Gasteiger partial charge in [0.1, 0.15) is 6.04 Å². The van der Waals surface area contributed by atoms with Crippen LogP contribution < -0.4 is 5.32 Å². The number of carbonyl (C=O) groups excluding carboxylic acids is 1. The van der Waals surface area contributed by atoms with Crippen LogP contribution >= 0.6 is 0 Å². The van der Waals surface area contributed by atoms with Gasteiger partial charge in [-0.05, 0) is 12.0 Å². The lowest BCUT2D eigenvalue weighted by Gasteiger charge is -2.17. The number of H-pyrrole nitrogens is 1. The number of non-ortho nitro benzene ring substituents is 1. The quantitative estimate of drug-likeness (QED) is 0.562. The number of hydrogen-bond acceptors (Lipinski definition) is 5. The first kappa shape index (κ1) is 15.4. The molecule has 2 aromatic rings. The van der Waals surface area contributed by atoms with Crippen molar-refractivity contribution in [2.45, 2.75) is 19.9 Å². The third-order valence-electron chi connectivity index (χ3n) is 3.19. The topological polar surface area (TPSA) is 138 Å². The van der Waals surface area contributed by atoms with Gasteiger partial charge in [-0.3, -0.25) is 20.0 Å². The summed E-state index contributed by atoms with van der Waals surface area (Å²) >= 11 is 0. The summed E-state index contributed by atoms with van der Waals surface area (Å²) in [6, 6.07) is 2.88. The monoisotopic (exact) mass is 306 g/mol. The van der Waals surface area contributed by atoms with Crippen molar-refractivity contribution in [3.63, 3.8) is 0 Å². The molecule has 3 N–H and O–H groups in total. The zero-order valence-electron chi connectivity index (χ0n) is 11.9. The van der Waals surface area contributed by atoms with E-state index in [1.54, 1.807) is 13.8 Å². The summed E-state index contributed by atoms with van der Waals surface area (Å²) in [6.45, 7) is 3.32. The molecule has 2 rings (SSSR count). The van der Waals surface area contributed by atoms with Gasteiger partial charge < -0.3 is 10.4 Å². The molecular weight excluding hydrogens is 292 g/mol. The van der Waals surface area contributed by atoms with Crippen molar-refractivity contribution in [2.24, 2.45) is 5.92 Å². The Bertz CT molecular complexity index is 752. The number of rotatable bonds is 5. The predicted octanol–water partition coefficient (Wildman–Crippen LogP) is 1.31. The molecule has 0 spiro atoms. The second kappa shape index (κ2) is 5.80. The number of fused-ring (bicyclic) bond motifs is 1. The fourth-order valence-corrected chi connectivity index (χ4v) is 2.01. The highest BCUT2D eigenvalue weighted by Gasteiger charge is 2.26. The molecule has 0 fully saturated rings. The molecule has 116 valence electrons. The van der Waals surface area contributed by atoms with Crippen molar-refractivity contribution < 1.29 is 19.6 Å². The molecule has 0 radical (unpaired) electrons. The number of aromatic nitrogens is 2. The van der Waals surface area contributed by atoms with E-state index >= 15 is 0 Å². The van der Waals surface area contributed by atoms with Crippen LogP contribution in [0.5, 0.6) is 0 Å². The molecule has 1 atom stereocenters. The zero-order valence-corrected chi connectivity index (χ0v) is 11.9. The first-order valence-electron chi connectivity index (χ1n) is 6.47. The lowest BCUT2D eigenvalue weighted by Crippen LogP contribution is -2.44. The number of nitrogens with one attached hydrogen (secondary N) is 2. The number of nitro benzene ring substituents is 1. The molecule has 0 aliphatic carbocycles. The molecule has 0 unspecified atom stereocenters. The maximum absolute atomic E-state index is 12.2. The lowest BCUT2D eigenvalue weighted by molar-refractivity contribution is -0.384. The second-order valence-corrected chi connectivity index (χ2v) is 5.09. The SMILES string of the molecule is CC(C)[C@H](NC(=O)c1n[nH]c2ccc([N+](=O)[O-])cc12)C(=O)O. The lowest BCUT2D eigenvalue weighted by atomic mass is 10.0. The van der Waals surface area contributed by atoms with Crippen molar-refractivity contribution in [3.8, 4) is 0 Å². The maximum atomic E-state index is 12.2. The van der Waals surface area contributed by atoms with Gasteiger partial charge in [-0.2, -0.15) is 5.10 Å². The van der Waals surface area contributed by atoms with Crippen molar-refractivity contribution in [1.29, 1.82) is 0 Å². The number of nitrogens with zero attached hydrogens (tertiary/aromatic N) is 2. The molecule has 1 aromatic carbocycles. The number of aromatic amines is 1. The Balaban J connectivity index is 2.37. The van der Waals surface area contributed by atoms with Gasteiger partial charge in [0.25, 0.3) is 11.6 Å². The van der Waals surface area contributed by atoms with Crippen molar-refractivity contribution in [3.05, 3.63) is 34.0 Å². The summed E-state index contributed by atoms with van der Waals surface area (Å²) in [7, 11) is 0. The van der Waals surface area contributed by atoms with E-state index in [4.69, 9.17) is 5.11 Å². The van der Waals surface area contributed by atoms with E-state index in [9.17, 15) is 19.7 Å². The summed E-state index contributed by atoms with van der Waals surface area (Å²) in [5, 5.41) is 28.9. The van der Waals surface area contributed by atoms with E-state index < -0.39 is 22.8 Å². The summed E-state index contributed by atoms with van der Waals surface area (Å²) in [4.78, 5) is 33.5. The molecule has 1 heterocycles. The highest BCUT2D eigenvalue weighted by Crippen LogP contribution is 2.22. The summed E-state index contributed by atoms with van der Waals surface area (Å²) in [5.41, 5.74) is 0.194. The van der Waals surface area contributed by atoms with E-state index in [1.165, 1.54) is 18.2 Å². The van der Waals surface area contributed by atoms with E-state index in [0.717, 1.165) is 0 Å². The number of carboxylic acids is 1. The van der Waals surface area contributed by atoms with Crippen LogP contribution in [0.25, 0.3) is 10.9 Å². The number of carbonyl (C=O) groups is 2. The van der Waals surface area contributed by atoms with Gasteiger partial charge in [0.05, 0.1) is 10.4 Å². The van der Waals surface area contributed by atoms with E-state index in [1.807, 2.05) is 0 Å². The third kappa shape index (κ3) is 2.87. The highest BCUT2D eigenvalue weighted by molar-refractivity contribution is 6.06. The number of benzene rings is 1. The average Bonchev–Trinajstić information content (AvgIpc) is 2.86. The average molecular weight is 306 g/mol. The predicted molar refractivity (Wildman–Crippen MR) is 76.5 cm³/mol. The normalized spacial score (nSPS) is 12.3. The number of aliphatic carboxylic acids is 1. The van der Waals surface area contributed by atoms with Crippen LogP contribution in [0.2, 0.25) is 0 Å². The van der Waals surface area contributed by atoms with Gasteiger partial charge in [0.15, 0.2) is 5.69 Å². The number of carboxylic acid groups (broad SMARTS) is 1. The minimum absolute atomic E-state index is 0.0781. The number of nitro groups is 1. The van der Waals surface area contributed by atoms with Crippen LogP contribution in [0.15, 0.2) is 18.2 Å². The van der Waals surface area contributed by atoms with E-state index in [0.29, 0.717) is 5.52 Å². The van der Waals surface area contributed by atoms with Crippen LogP contribution in [0.4, 0.5) is 5.69 Å². The summed E-state index contributed by atoms with van der Waals surface area (Å²) in [6.07, 6.45) is 0. The number of hydrogen-bond donors (Lipinski definition) is 3. The van der Waals surface area contributed by atoms with Crippen LogP contribution in [-0.2, 0) is 4.79 Å². The second-order valence-electron chi connectivity index (χ2n) is 5.09. The van der Waals surface area contributed by atoms with Crippen molar-refractivity contribution in [2.75, 3.05) is 0 Å². The summed E-state index contributed by atoms with van der Waals surface area (Å²) < 4.78 is 0. The molecule has 0 saturated carbocycles. The zero-order chi connectivity index (χ0) is 16.4. The molecule has 9 heteroatoms. The standard InChI is InChI=1S/C13H14N4O5/c1-6(2)10(13(19)20)14-12(18)11-8-5-7(17(21)22)3-4-9(8)15-16-11/h3-6,10H,1-2H3,(H,14,18)(H,15,16)(H,19,20)/t10-/m0/s1. The van der Waals surface area contributed by atoms with E-state index in [-0.39, 0.29) is 22.7 Å². The Hall–Kier alpha value is -2.97. The van der Waals surface area contributed by atoms with Crippen LogP contribution in [0, 0.1) is 16.0 Å². The molecule has 9 nitrogen and oxygen atoms in total. The van der Waals surface area contributed by atoms with Gasteiger partial charge in [-0.15, -0.1) is 0 Å². The van der Waals surface area contributed by atoms with Gasteiger partial charge in [0.2, 0.25) is 0 Å². The van der Waals surface area contributed by atoms with Gasteiger partial charge >= 0.3 is 5.97 Å². The maximum Gasteiger partial charge on any atom is 0.326 e.